The van der Waals surface area contributed by atoms with Crippen molar-refractivity contribution in [2.75, 3.05) is 68.0 Å². The highest BCUT2D eigenvalue weighted by Gasteiger charge is 2.20. The van der Waals surface area contributed by atoms with E-state index in [1.165, 1.54) is 4.88 Å². The predicted molar refractivity (Wildman–Crippen MR) is 99.1 cm³/mol. The molecule has 2 aliphatic rings. The van der Waals surface area contributed by atoms with Gasteiger partial charge in [0.2, 0.25) is 0 Å². The molecule has 2 aliphatic heterocycles. The minimum atomic E-state index is 0.644. The lowest BCUT2D eigenvalue weighted by Gasteiger charge is -2.35. The van der Waals surface area contributed by atoms with Crippen LogP contribution >= 0.6 is 11.3 Å². The van der Waals surface area contributed by atoms with Crippen molar-refractivity contribution >= 4 is 28.1 Å². The number of hydrogen-bond donors (Lipinski definition) is 1. The van der Waals surface area contributed by atoms with Crippen LogP contribution in [0.4, 0.5) is 16.8 Å². The average Bonchev–Trinajstić information content (AvgIpc) is 3.08. The number of piperazine rings is 1. The molecular weight excluding hydrogens is 338 g/mol. The smallest absolute Gasteiger partial charge is 0.180 e. The van der Waals surface area contributed by atoms with Crippen LogP contribution in [0.15, 0.2) is 18.6 Å². The SMILES string of the molecule is Nc1ncc(CN2CCN(c3cc(N4CCOCC4)ncn3)CC2)s1. The zero-order valence-corrected chi connectivity index (χ0v) is 15.0. The standard InChI is InChI=1S/C16H23N7OS/c17-16-18-10-13(25-16)11-21-1-3-22(4-2-21)14-9-15(20-12-19-14)23-5-7-24-8-6-23/h9-10,12H,1-8,11H2,(H2,17,18). The molecule has 25 heavy (non-hydrogen) atoms. The summed E-state index contributed by atoms with van der Waals surface area (Å²) >= 11 is 1.57. The van der Waals surface area contributed by atoms with Gasteiger partial charge in [0.25, 0.3) is 0 Å². The summed E-state index contributed by atoms with van der Waals surface area (Å²) in [5, 5.41) is 0.644. The summed E-state index contributed by atoms with van der Waals surface area (Å²) in [5.41, 5.74) is 5.71. The fourth-order valence-corrected chi connectivity index (χ4v) is 3.95. The van der Waals surface area contributed by atoms with Gasteiger partial charge in [0, 0.05) is 63.0 Å². The fraction of sp³-hybridized carbons (Fsp3) is 0.562. The molecule has 0 unspecified atom stereocenters. The van der Waals surface area contributed by atoms with E-state index in [0.29, 0.717) is 5.13 Å². The minimum absolute atomic E-state index is 0.644. The van der Waals surface area contributed by atoms with Crippen LogP contribution in [0.5, 0.6) is 0 Å². The second-order valence-electron chi connectivity index (χ2n) is 6.26. The van der Waals surface area contributed by atoms with Crippen molar-refractivity contribution in [3.63, 3.8) is 0 Å². The van der Waals surface area contributed by atoms with E-state index < -0.39 is 0 Å². The highest BCUT2D eigenvalue weighted by atomic mass is 32.1. The summed E-state index contributed by atoms with van der Waals surface area (Å²) in [6, 6.07) is 2.10. The third-order valence-corrected chi connectivity index (χ3v) is 5.43. The zero-order chi connectivity index (χ0) is 17.1. The molecular formula is C16H23N7OS. The lowest BCUT2D eigenvalue weighted by Crippen LogP contribution is -2.46. The molecule has 2 saturated heterocycles. The molecule has 2 aromatic rings. The number of aromatic nitrogens is 3. The van der Waals surface area contributed by atoms with Gasteiger partial charge < -0.3 is 20.3 Å². The number of hydrogen-bond acceptors (Lipinski definition) is 9. The molecule has 0 radical (unpaired) electrons. The largest absolute Gasteiger partial charge is 0.378 e. The van der Waals surface area contributed by atoms with Gasteiger partial charge in [-0.15, -0.1) is 11.3 Å². The molecule has 4 heterocycles. The van der Waals surface area contributed by atoms with Crippen LogP contribution in [-0.4, -0.2) is 72.3 Å². The normalized spacial score (nSPS) is 19.4. The van der Waals surface area contributed by atoms with Crippen molar-refractivity contribution in [1.29, 1.82) is 0 Å². The second-order valence-corrected chi connectivity index (χ2v) is 7.41. The van der Waals surface area contributed by atoms with Gasteiger partial charge in [-0.2, -0.15) is 0 Å². The van der Waals surface area contributed by atoms with Crippen LogP contribution in [0.1, 0.15) is 4.88 Å². The number of nitrogen functional groups attached to an aromatic ring is 1. The van der Waals surface area contributed by atoms with Crippen molar-refractivity contribution in [2.45, 2.75) is 6.54 Å². The van der Waals surface area contributed by atoms with Gasteiger partial charge in [0.15, 0.2) is 5.13 Å². The molecule has 0 amide bonds. The molecule has 2 aromatic heterocycles. The molecule has 0 spiro atoms. The van der Waals surface area contributed by atoms with E-state index in [1.807, 2.05) is 6.20 Å². The molecule has 9 heteroatoms. The number of morpholine rings is 1. The van der Waals surface area contributed by atoms with Crippen molar-refractivity contribution in [1.82, 2.24) is 19.9 Å². The maximum absolute atomic E-state index is 5.71. The Balaban J connectivity index is 1.35. The molecule has 8 nitrogen and oxygen atoms in total. The summed E-state index contributed by atoms with van der Waals surface area (Å²) < 4.78 is 5.42. The number of anilines is 3. The fourth-order valence-electron chi connectivity index (χ4n) is 3.23. The van der Waals surface area contributed by atoms with E-state index in [9.17, 15) is 0 Å². The number of nitrogens with zero attached hydrogens (tertiary/aromatic N) is 6. The Morgan fingerprint density at radius 3 is 2.28 bits per heavy atom. The topological polar surface area (TPSA) is 83.6 Å². The first-order chi connectivity index (χ1) is 12.3. The predicted octanol–water partition coefficient (Wildman–Crippen LogP) is 0.674. The lowest BCUT2D eigenvalue weighted by molar-refractivity contribution is 0.122. The maximum atomic E-state index is 5.71. The number of ether oxygens (including phenoxy) is 1. The molecule has 4 rings (SSSR count). The Morgan fingerprint density at radius 2 is 1.64 bits per heavy atom. The van der Waals surface area contributed by atoms with Crippen molar-refractivity contribution < 1.29 is 4.74 Å². The molecule has 2 fully saturated rings. The van der Waals surface area contributed by atoms with Crippen LogP contribution in [-0.2, 0) is 11.3 Å². The quantitative estimate of drug-likeness (QED) is 0.851. The van der Waals surface area contributed by atoms with E-state index in [-0.39, 0.29) is 0 Å². The van der Waals surface area contributed by atoms with Crippen molar-refractivity contribution in [3.05, 3.63) is 23.5 Å². The number of thiazole rings is 1. The molecule has 2 N–H and O–H groups in total. The molecule has 0 aromatic carbocycles. The van der Waals surface area contributed by atoms with Crippen molar-refractivity contribution in [3.8, 4) is 0 Å². The minimum Gasteiger partial charge on any atom is -0.378 e. The Kier molecular flexibility index (Phi) is 4.95. The monoisotopic (exact) mass is 361 g/mol. The maximum Gasteiger partial charge on any atom is 0.180 e. The van der Waals surface area contributed by atoms with Gasteiger partial charge in [-0.25, -0.2) is 15.0 Å². The van der Waals surface area contributed by atoms with Gasteiger partial charge in [-0.3, -0.25) is 4.90 Å². The summed E-state index contributed by atoms with van der Waals surface area (Å²) in [7, 11) is 0. The first-order valence-electron chi connectivity index (χ1n) is 8.60. The first kappa shape index (κ1) is 16.5. The van der Waals surface area contributed by atoms with Crippen LogP contribution in [0.2, 0.25) is 0 Å². The van der Waals surface area contributed by atoms with Crippen LogP contribution in [0.25, 0.3) is 0 Å². The lowest BCUT2D eigenvalue weighted by atomic mass is 10.3. The van der Waals surface area contributed by atoms with E-state index in [2.05, 4.69) is 35.7 Å². The molecule has 0 aliphatic carbocycles. The van der Waals surface area contributed by atoms with Gasteiger partial charge >= 0.3 is 0 Å². The van der Waals surface area contributed by atoms with Crippen LogP contribution < -0.4 is 15.5 Å². The summed E-state index contributed by atoms with van der Waals surface area (Å²) in [6.07, 6.45) is 3.55. The number of nitrogens with two attached hydrogens (primary N) is 1. The zero-order valence-electron chi connectivity index (χ0n) is 14.2. The van der Waals surface area contributed by atoms with Gasteiger partial charge in [0.05, 0.1) is 13.2 Å². The third kappa shape index (κ3) is 4.00. The highest BCUT2D eigenvalue weighted by Crippen LogP contribution is 2.21. The van der Waals surface area contributed by atoms with Gasteiger partial charge in [-0.05, 0) is 0 Å². The Bertz CT molecular complexity index is 695. The third-order valence-electron chi connectivity index (χ3n) is 4.62. The van der Waals surface area contributed by atoms with E-state index in [4.69, 9.17) is 10.5 Å². The molecule has 0 saturated carbocycles. The summed E-state index contributed by atoms with van der Waals surface area (Å²) in [6.45, 7) is 8.18. The van der Waals surface area contributed by atoms with Gasteiger partial charge in [-0.1, -0.05) is 0 Å². The molecule has 0 atom stereocenters. The highest BCUT2D eigenvalue weighted by molar-refractivity contribution is 7.15. The number of rotatable bonds is 4. The summed E-state index contributed by atoms with van der Waals surface area (Å²) in [5.74, 6) is 2.01. The first-order valence-corrected chi connectivity index (χ1v) is 9.42. The Labute approximate surface area is 151 Å². The second kappa shape index (κ2) is 7.51. The van der Waals surface area contributed by atoms with Crippen LogP contribution in [0.3, 0.4) is 0 Å². The Morgan fingerprint density at radius 1 is 0.960 bits per heavy atom. The molecule has 0 bridgehead atoms. The van der Waals surface area contributed by atoms with E-state index in [0.717, 1.165) is 70.7 Å². The average molecular weight is 361 g/mol. The van der Waals surface area contributed by atoms with Crippen molar-refractivity contribution in [2.24, 2.45) is 0 Å². The molecule has 134 valence electrons. The van der Waals surface area contributed by atoms with E-state index in [1.54, 1.807) is 17.7 Å². The van der Waals surface area contributed by atoms with Gasteiger partial charge in [0.1, 0.15) is 18.0 Å². The van der Waals surface area contributed by atoms with E-state index >= 15 is 0 Å². The Hall–Kier alpha value is -1.97. The van der Waals surface area contributed by atoms with Crippen LogP contribution in [0, 0.1) is 0 Å². The summed E-state index contributed by atoms with van der Waals surface area (Å²) in [4.78, 5) is 21.3.